The maximum Gasteiger partial charge on any atom is 0.129 e. The van der Waals surface area contributed by atoms with E-state index < -0.39 is 11.6 Å². The highest BCUT2D eigenvalue weighted by molar-refractivity contribution is 6.30. The minimum absolute atomic E-state index is 0.271. The summed E-state index contributed by atoms with van der Waals surface area (Å²) in [5, 5.41) is 0.634. The minimum atomic E-state index is -0.591. The van der Waals surface area contributed by atoms with Gasteiger partial charge in [-0.25, -0.2) is 8.78 Å². The molecule has 0 aliphatic rings. The quantitative estimate of drug-likeness (QED) is 0.667. The highest BCUT2D eigenvalue weighted by Crippen LogP contribution is 2.25. The fourth-order valence-corrected chi connectivity index (χ4v) is 2.42. The minimum Gasteiger partial charge on any atom is -0.271 e. The predicted molar refractivity (Wildman–Crippen MR) is 76.3 cm³/mol. The number of hydrazine groups is 1. The second-order valence-electron chi connectivity index (χ2n) is 4.66. The van der Waals surface area contributed by atoms with E-state index in [-0.39, 0.29) is 6.04 Å². The zero-order valence-corrected chi connectivity index (χ0v) is 11.7. The highest BCUT2D eigenvalue weighted by atomic mass is 35.5. The average Bonchev–Trinajstić information content (AvgIpc) is 2.39. The zero-order valence-electron chi connectivity index (χ0n) is 11.0. The summed E-state index contributed by atoms with van der Waals surface area (Å²) in [4.78, 5) is 0. The Kier molecular flexibility index (Phi) is 4.70. The van der Waals surface area contributed by atoms with Gasteiger partial charge < -0.3 is 0 Å². The third-order valence-electron chi connectivity index (χ3n) is 3.25. The van der Waals surface area contributed by atoms with Gasteiger partial charge in [0.25, 0.3) is 0 Å². The van der Waals surface area contributed by atoms with Crippen LogP contribution in [0.4, 0.5) is 8.78 Å². The largest absolute Gasteiger partial charge is 0.271 e. The summed E-state index contributed by atoms with van der Waals surface area (Å²) < 4.78 is 26.6. The van der Waals surface area contributed by atoms with Gasteiger partial charge in [0.15, 0.2) is 0 Å². The highest BCUT2D eigenvalue weighted by Gasteiger charge is 2.15. The Hall–Kier alpha value is -1.49. The average molecular weight is 297 g/mol. The molecule has 3 N–H and O–H groups in total. The van der Waals surface area contributed by atoms with E-state index in [4.69, 9.17) is 17.4 Å². The van der Waals surface area contributed by atoms with Crippen LogP contribution in [0.1, 0.15) is 22.7 Å². The van der Waals surface area contributed by atoms with E-state index >= 15 is 0 Å². The lowest BCUT2D eigenvalue weighted by Gasteiger charge is -2.19. The second-order valence-corrected chi connectivity index (χ2v) is 5.10. The summed E-state index contributed by atoms with van der Waals surface area (Å²) >= 11 is 5.91. The molecule has 0 amide bonds. The van der Waals surface area contributed by atoms with E-state index in [0.29, 0.717) is 17.0 Å². The van der Waals surface area contributed by atoms with Crippen LogP contribution in [-0.2, 0) is 6.42 Å². The first-order valence-electron chi connectivity index (χ1n) is 6.17. The van der Waals surface area contributed by atoms with Crippen molar-refractivity contribution in [3.8, 4) is 0 Å². The van der Waals surface area contributed by atoms with Crippen LogP contribution in [0.15, 0.2) is 36.4 Å². The number of hydrogen-bond donors (Lipinski definition) is 2. The van der Waals surface area contributed by atoms with Crippen LogP contribution < -0.4 is 11.3 Å². The van der Waals surface area contributed by atoms with Crippen molar-refractivity contribution < 1.29 is 8.78 Å². The van der Waals surface area contributed by atoms with Crippen molar-refractivity contribution in [2.45, 2.75) is 19.4 Å². The van der Waals surface area contributed by atoms with Gasteiger partial charge in [-0.3, -0.25) is 11.3 Å². The third-order valence-corrected chi connectivity index (χ3v) is 3.48. The molecule has 2 aromatic carbocycles. The molecule has 2 rings (SSSR count). The molecule has 0 aliphatic carbocycles. The van der Waals surface area contributed by atoms with Gasteiger partial charge in [0.1, 0.15) is 11.6 Å². The Morgan fingerprint density at radius 1 is 1.20 bits per heavy atom. The van der Waals surface area contributed by atoms with Crippen LogP contribution in [0.25, 0.3) is 0 Å². The second kappa shape index (κ2) is 6.31. The molecule has 1 atom stereocenters. The molecule has 1 unspecified atom stereocenters. The first-order chi connectivity index (χ1) is 9.51. The van der Waals surface area contributed by atoms with E-state index in [9.17, 15) is 8.78 Å². The first kappa shape index (κ1) is 14.9. The number of rotatable bonds is 4. The number of nitrogens with two attached hydrogens (primary N) is 1. The lowest BCUT2D eigenvalue weighted by Crippen LogP contribution is -2.30. The van der Waals surface area contributed by atoms with Gasteiger partial charge in [0.2, 0.25) is 0 Å². The van der Waals surface area contributed by atoms with Crippen molar-refractivity contribution in [1.29, 1.82) is 0 Å². The van der Waals surface area contributed by atoms with Crippen LogP contribution in [0.3, 0.4) is 0 Å². The number of benzene rings is 2. The van der Waals surface area contributed by atoms with Crippen molar-refractivity contribution in [2.24, 2.45) is 5.84 Å². The normalized spacial score (nSPS) is 12.4. The molecule has 0 spiro atoms. The summed E-state index contributed by atoms with van der Waals surface area (Å²) in [7, 11) is 0. The molecule has 2 nitrogen and oxygen atoms in total. The number of hydrogen-bond acceptors (Lipinski definition) is 2. The van der Waals surface area contributed by atoms with Crippen molar-refractivity contribution in [1.82, 2.24) is 5.43 Å². The van der Waals surface area contributed by atoms with Gasteiger partial charge in [-0.15, -0.1) is 0 Å². The van der Waals surface area contributed by atoms with Crippen molar-refractivity contribution in [3.05, 3.63) is 69.7 Å². The SMILES string of the molecule is Cc1cc(Cl)ccc1C(Cc1ccc(F)cc1F)NN. The van der Waals surface area contributed by atoms with Crippen LogP contribution in [-0.4, -0.2) is 0 Å². The molecule has 0 fully saturated rings. The zero-order chi connectivity index (χ0) is 14.7. The standard InChI is InChI=1S/C15H15ClF2N2/c1-9-6-11(16)3-5-13(9)15(20-19)7-10-2-4-12(17)8-14(10)18/h2-6,8,15,20H,7,19H2,1H3. The van der Waals surface area contributed by atoms with E-state index in [1.807, 2.05) is 19.1 Å². The van der Waals surface area contributed by atoms with Gasteiger partial charge in [0.05, 0.1) is 6.04 Å². The molecular formula is C15H15ClF2N2. The Morgan fingerprint density at radius 3 is 2.55 bits per heavy atom. The molecule has 0 bridgehead atoms. The predicted octanol–water partition coefficient (Wildman–Crippen LogP) is 3.67. The van der Waals surface area contributed by atoms with Gasteiger partial charge >= 0.3 is 0 Å². The van der Waals surface area contributed by atoms with Gasteiger partial charge in [-0.1, -0.05) is 23.7 Å². The number of nitrogens with one attached hydrogen (secondary N) is 1. The van der Waals surface area contributed by atoms with Crippen LogP contribution >= 0.6 is 11.6 Å². The maximum atomic E-state index is 13.7. The molecule has 0 radical (unpaired) electrons. The van der Waals surface area contributed by atoms with Gasteiger partial charge in [-0.05, 0) is 48.2 Å². The molecule has 0 saturated heterocycles. The molecule has 0 heterocycles. The van der Waals surface area contributed by atoms with Crippen molar-refractivity contribution in [3.63, 3.8) is 0 Å². The van der Waals surface area contributed by atoms with Gasteiger partial charge in [0, 0.05) is 11.1 Å². The Morgan fingerprint density at radius 2 is 1.95 bits per heavy atom. The summed E-state index contributed by atoms with van der Waals surface area (Å²) in [6.45, 7) is 1.91. The summed E-state index contributed by atoms with van der Waals surface area (Å²) in [5.74, 6) is 4.40. The van der Waals surface area contributed by atoms with E-state index in [2.05, 4.69) is 5.43 Å². The van der Waals surface area contributed by atoms with E-state index in [0.717, 1.165) is 17.2 Å². The molecule has 20 heavy (non-hydrogen) atoms. The number of aryl methyl sites for hydroxylation is 1. The molecule has 0 saturated carbocycles. The fraction of sp³-hybridized carbons (Fsp3) is 0.200. The molecule has 5 heteroatoms. The molecule has 0 aromatic heterocycles. The van der Waals surface area contributed by atoms with Crippen molar-refractivity contribution >= 4 is 11.6 Å². The van der Waals surface area contributed by atoms with Crippen LogP contribution in [0.5, 0.6) is 0 Å². The summed E-state index contributed by atoms with van der Waals surface area (Å²) in [6, 6.07) is 8.70. The summed E-state index contributed by atoms with van der Waals surface area (Å²) in [6.07, 6.45) is 0.324. The first-order valence-corrected chi connectivity index (χ1v) is 6.55. The van der Waals surface area contributed by atoms with E-state index in [1.54, 1.807) is 6.07 Å². The summed E-state index contributed by atoms with van der Waals surface area (Å²) in [5.41, 5.74) is 4.96. The van der Waals surface area contributed by atoms with E-state index in [1.165, 1.54) is 12.1 Å². The lowest BCUT2D eigenvalue weighted by molar-refractivity contribution is 0.520. The smallest absolute Gasteiger partial charge is 0.129 e. The van der Waals surface area contributed by atoms with Crippen LogP contribution in [0, 0.1) is 18.6 Å². The molecule has 0 aliphatic heterocycles. The Balaban J connectivity index is 2.28. The molecule has 2 aromatic rings. The lowest BCUT2D eigenvalue weighted by atomic mass is 9.95. The van der Waals surface area contributed by atoms with Gasteiger partial charge in [-0.2, -0.15) is 0 Å². The molecule has 106 valence electrons. The fourth-order valence-electron chi connectivity index (χ4n) is 2.20. The number of halogens is 3. The Bertz CT molecular complexity index is 617. The third kappa shape index (κ3) is 3.33. The monoisotopic (exact) mass is 296 g/mol. The topological polar surface area (TPSA) is 38.0 Å². The van der Waals surface area contributed by atoms with Crippen molar-refractivity contribution in [2.75, 3.05) is 0 Å². The maximum absolute atomic E-state index is 13.7. The van der Waals surface area contributed by atoms with Crippen LogP contribution in [0.2, 0.25) is 5.02 Å². The Labute approximate surface area is 121 Å². The molecular weight excluding hydrogens is 282 g/mol.